The van der Waals surface area contributed by atoms with Gasteiger partial charge in [0.05, 0.1) is 12.1 Å². The standard InChI is InChI=1S/C20H16N4O3S/c1-12(25)21-14-8-6-13(7-9-14)17-11-28-20(22-17)23-19(26)10-16-15-4-2-3-5-18(15)27-24-16/h2-9,11H,10H2,1H3,(H,21,25)(H,22,23,26). The van der Waals surface area contributed by atoms with Gasteiger partial charge in [0.1, 0.15) is 5.69 Å². The van der Waals surface area contributed by atoms with E-state index in [0.717, 1.165) is 22.3 Å². The highest BCUT2D eigenvalue weighted by Crippen LogP contribution is 2.26. The predicted octanol–water partition coefficient (Wildman–Crippen LogP) is 4.09. The molecule has 0 atom stereocenters. The van der Waals surface area contributed by atoms with Crippen molar-refractivity contribution in [1.82, 2.24) is 10.1 Å². The Hall–Kier alpha value is -3.52. The lowest BCUT2D eigenvalue weighted by Crippen LogP contribution is -2.14. The molecule has 7 nitrogen and oxygen atoms in total. The van der Waals surface area contributed by atoms with Crippen molar-refractivity contribution in [1.29, 1.82) is 0 Å². The number of rotatable bonds is 5. The van der Waals surface area contributed by atoms with Crippen LogP contribution in [0, 0.1) is 0 Å². The van der Waals surface area contributed by atoms with E-state index in [1.54, 1.807) is 0 Å². The van der Waals surface area contributed by atoms with Crippen LogP contribution in [0.5, 0.6) is 0 Å². The molecule has 140 valence electrons. The summed E-state index contributed by atoms with van der Waals surface area (Å²) in [7, 11) is 0. The van der Waals surface area contributed by atoms with Crippen molar-refractivity contribution in [2.75, 3.05) is 10.6 Å². The zero-order valence-corrected chi connectivity index (χ0v) is 15.7. The van der Waals surface area contributed by atoms with E-state index in [1.807, 2.05) is 53.9 Å². The number of hydrogen-bond acceptors (Lipinski definition) is 6. The fourth-order valence-corrected chi connectivity index (χ4v) is 3.51. The minimum atomic E-state index is -0.207. The normalized spacial score (nSPS) is 10.8. The summed E-state index contributed by atoms with van der Waals surface area (Å²) in [6.07, 6.45) is 0.108. The largest absolute Gasteiger partial charge is 0.356 e. The van der Waals surface area contributed by atoms with Crippen LogP contribution >= 0.6 is 11.3 Å². The molecular formula is C20H16N4O3S. The van der Waals surface area contributed by atoms with Gasteiger partial charge in [0.2, 0.25) is 11.8 Å². The Morgan fingerprint density at radius 2 is 1.86 bits per heavy atom. The van der Waals surface area contributed by atoms with Crippen LogP contribution in [0.3, 0.4) is 0 Å². The van der Waals surface area contributed by atoms with Gasteiger partial charge in [-0.15, -0.1) is 11.3 Å². The minimum absolute atomic E-state index is 0.108. The lowest BCUT2D eigenvalue weighted by atomic mass is 10.1. The third kappa shape index (κ3) is 3.91. The molecule has 2 heterocycles. The Morgan fingerprint density at radius 1 is 1.07 bits per heavy atom. The fraction of sp³-hybridized carbons (Fsp3) is 0.100. The highest BCUT2D eigenvalue weighted by atomic mass is 32.1. The molecule has 4 rings (SSSR count). The first-order chi connectivity index (χ1) is 13.6. The molecule has 0 unspecified atom stereocenters. The average molecular weight is 392 g/mol. The summed E-state index contributed by atoms with van der Waals surface area (Å²) in [5, 5.41) is 12.7. The van der Waals surface area contributed by atoms with Crippen LogP contribution in [-0.4, -0.2) is 22.0 Å². The predicted molar refractivity (Wildman–Crippen MR) is 108 cm³/mol. The van der Waals surface area contributed by atoms with Gasteiger partial charge < -0.3 is 15.2 Å². The summed E-state index contributed by atoms with van der Waals surface area (Å²) < 4.78 is 5.23. The third-order valence-corrected chi connectivity index (χ3v) is 4.79. The molecule has 0 aliphatic carbocycles. The molecule has 4 aromatic rings. The van der Waals surface area contributed by atoms with Crippen molar-refractivity contribution in [2.24, 2.45) is 0 Å². The summed E-state index contributed by atoms with van der Waals surface area (Å²) in [4.78, 5) is 27.9. The van der Waals surface area contributed by atoms with E-state index in [4.69, 9.17) is 4.52 Å². The Morgan fingerprint density at radius 3 is 2.64 bits per heavy atom. The monoisotopic (exact) mass is 392 g/mol. The number of para-hydroxylation sites is 1. The number of carbonyl (C=O) groups is 2. The molecule has 0 saturated heterocycles. The van der Waals surface area contributed by atoms with E-state index in [0.29, 0.717) is 16.4 Å². The van der Waals surface area contributed by atoms with Crippen molar-refractivity contribution < 1.29 is 14.1 Å². The molecule has 2 aromatic heterocycles. The molecule has 28 heavy (non-hydrogen) atoms. The number of benzene rings is 2. The summed E-state index contributed by atoms with van der Waals surface area (Å²) in [5.74, 6) is -0.327. The van der Waals surface area contributed by atoms with E-state index < -0.39 is 0 Å². The van der Waals surface area contributed by atoms with Crippen molar-refractivity contribution in [2.45, 2.75) is 13.3 Å². The molecule has 8 heteroatoms. The van der Waals surface area contributed by atoms with Gasteiger partial charge in [0.25, 0.3) is 0 Å². The molecule has 0 spiro atoms. The van der Waals surface area contributed by atoms with Gasteiger partial charge in [-0.2, -0.15) is 0 Å². The maximum atomic E-state index is 12.4. The Labute approximate surface area is 164 Å². The number of hydrogen-bond donors (Lipinski definition) is 2. The van der Waals surface area contributed by atoms with E-state index in [2.05, 4.69) is 20.8 Å². The lowest BCUT2D eigenvalue weighted by molar-refractivity contribution is -0.116. The zero-order valence-electron chi connectivity index (χ0n) is 14.9. The Kier molecular flexibility index (Phi) is 4.86. The van der Waals surface area contributed by atoms with Gasteiger partial charge in [0.15, 0.2) is 10.7 Å². The van der Waals surface area contributed by atoms with E-state index in [1.165, 1.54) is 18.3 Å². The fourth-order valence-electron chi connectivity index (χ4n) is 2.77. The molecule has 0 aliphatic heterocycles. The average Bonchev–Trinajstić information content (AvgIpc) is 3.29. The number of nitrogens with one attached hydrogen (secondary N) is 2. The summed E-state index contributed by atoms with van der Waals surface area (Å²) in [6.45, 7) is 1.46. The molecule has 2 amide bonds. The first kappa shape index (κ1) is 17.9. The van der Waals surface area contributed by atoms with Gasteiger partial charge in [-0.3, -0.25) is 9.59 Å². The maximum absolute atomic E-state index is 12.4. The minimum Gasteiger partial charge on any atom is -0.356 e. The highest BCUT2D eigenvalue weighted by molar-refractivity contribution is 7.14. The SMILES string of the molecule is CC(=O)Nc1ccc(-c2csc(NC(=O)Cc3noc4ccccc34)n2)cc1. The molecule has 0 radical (unpaired) electrons. The van der Waals surface area contributed by atoms with Crippen molar-refractivity contribution in [3.8, 4) is 11.3 Å². The van der Waals surface area contributed by atoms with Crippen LogP contribution < -0.4 is 10.6 Å². The van der Waals surface area contributed by atoms with Crippen LogP contribution in [-0.2, 0) is 16.0 Å². The summed E-state index contributed by atoms with van der Waals surface area (Å²) >= 11 is 1.35. The van der Waals surface area contributed by atoms with E-state index >= 15 is 0 Å². The van der Waals surface area contributed by atoms with Gasteiger partial charge >= 0.3 is 0 Å². The number of amides is 2. The summed E-state index contributed by atoms with van der Waals surface area (Å²) in [6, 6.07) is 14.8. The van der Waals surface area contributed by atoms with Crippen LogP contribution in [0.4, 0.5) is 10.8 Å². The maximum Gasteiger partial charge on any atom is 0.232 e. The van der Waals surface area contributed by atoms with Gasteiger partial charge in [-0.1, -0.05) is 29.4 Å². The number of thiazole rings is 1. The quantitative estimate of drug-likeness (QED) is 0.533. The first-order valence-corrected chi connectivity index (χ1v) is 9.43. The number of aromatic nitrogens is 2. The third-order valence-electron chi connectivity index (χ3n) is 4.03. The lowest BCUT2D eigenvalue weighted by Gasteiger charge is -2.03. The van der Waals surface area contributed by atoms with Crippen molar-refractivity contribution >= 4 is 44.9 Å². The molecule has 0 fully saturated rings. The first-order valence-electron chi connectivity index (χ1n) is 8.55. The molecule has 2 N–H and O–H groups in total. The molecular weight excluding hydrogens is 376 g/mol. The number of carbonyl (C=O) groups excluding carboxylic acids is 2. The number of nitrogens with zero attached hydrogens (tertiary/aromatic N) is 2. The van der Waals surface area contributed by atoms with Crippen LogP contribution in [0.1, 0.15) is 12.6 Å². The van der Waals surface area contributed by atoms with Crippen molar-refractivity contribution in [3.63, 3.8) is 0 Å². The number of anilines is 2. The highest BCUT2D eigenvalue weighted by Gasteiger charge is 2.14. The van der Waals surface area contributed by atoms with E-state index in [9.17, 15) is 9.59 Å². The van der Waals surface area contributed by atoms with E-state index in [-0.39, 0.29) is 18.2 Å². The van der Waals surface area contributed by atoms with Gasteiger partial charge in [-0.05, 0) is 24.3 Å². The van der Waals surface area contributed by atoms with Crippen LogP contribution in [0.15, 0.2) is 58.4 Å². The summed E-state index contributed by atoms with van der Waals surface area (Å²) in [5.41, 5.74) is 3.62. The van der Waals surface area contributed by atoms with Crippen LogP contribution in [0.2, 0.25) is 0 Å². The Bertz CT molecular complexity index is 1150. The van der Waals surface area contributed by atoms with Gasteiger partial charge in [-0.25, -0.2) is 4.98 Å². The van der Waals surface area contributed by atoms with Crippen LogP contribution in [0.25, 0.3) is 22.2 Å². The molecule has 2 aromatic carbocycles. The second-order valence-corrected chi connectivity index (χ2v) is 7.00. The smallest absolute Gasteiger partial charge is 0.232 e. The zero-order chi connectivity index (χ0) is 19.5. The molecule has 0 saturated carbocycles. The molecule has 0 aliphatic rings. The van der Waals surface area contributed by atoms with Gasteiger partial charge in [0, 0.05) is 28.9 Å². The van der Waals surface area contributed by atoms with Crippen molar-refractivity contribution in [3.05, 3.63) is 59.6 Å². The topological polar surface area (TPSA) is 97.1 Å². The molecule has 0 bridgehead atoms. The second-order valence-electron chi connectivity index (χ2n) is 6.15. The second kappa shape index (κ2) is 7.61. The number of fused-ring (bicyclic) bond motifs is 1. The Balaban J connectivity index is 1.43.